The molecule has 0 spiro atoms. The number of nitrogen functional groups attached to an aromatic ring is 1. The molecular formula is C14H14Cl2N2OS. The number of anilines is 1. The summed E-state index contributed by atoms with van der Waals surface area (Å²) in [6, 6.07) is 7.09. The number of nitrogens with zero attached hydrogens (tertiary/aromatic N) is 1. The van der Waals surface area contributed by atoms with Crippen LogP contribution in [-0.2, 0) is 6.54 Å². The second kappa shape index (κ2) is 6.48. The number of carbonyl (C=O) groups excluding carboxylic acids is 1. The Balaban J connectivity index is 2.24. The summed E-state index contributed by atoms with van der Waals surface area (Å²) < 4.78 is 0. The van der Waals surface area contributed by atoms with Gasteiger partial charge in [0.25, 0.3) is 5.91 Å². The maximum Gasteiger partial charge on any atom is 0.254 e. The Kier molecular flexibility index (Phi) is 4.91. The Morgan fingerprint density at radius 3 is 2.50 bits per heavy atom. The summed E-state index contributed by atoms with van der Waals surface area (Å²) in [6.45, 7) is 3.12. The van der Waals surface area contributed by atoms with Gasteiger partial charge in [-0.05, 0) is 30.5 Å². The molecule has 1 aromatic heterocycles. The molecule has 0 saturated carbocycles. The van der Waals surface area contributed by atoms with Crippen LogP contribution in [0.15, 0.2) is 29.6 Å². The van der Waals surface area contributed by atoms with Gasteiger partial charge in [-0.25, -0.2) is 0 Å². The van der Waals surface area contributed by atoms with E-state index in [0.29, 0.717) is 34.4 Å². The van der Waals surface area contributed by atoms with Crippen molar-refractivity contribution in [2.45, 2.75) is 13.5 Å². The van der Waals surface area contributed by atoms with E-state index in [0.717, 1.165) is 4.88 Å². The predicted octanol–water partition coefficient (Wildman–Crippen LogP) is 4.30. The van der Waals surface area contributed by atoms with Gasteiger partial charge in [-0.15, -0.1) is 11.3 Å². The Hall–Kier alpha value is -1.23. The molecule has 2 aromatic rings. The van der Waals surface area contributed by atoms with Crippen LogP contribution in [0.25, 0.3) is 0 Å². The van der Waals surface area contributed by atoms with Crippen LogP contribution in [0, 0.1) is 0 Å². The lowest BCUT2D eigenvalue weighted by Gasteiger charge is -2.20. The van der Waals surface area contributed by atoms with E-state index in [1.54, 1.807) is 28.4 Å². The highest BCUT2D eigenvalue weighted by Crippen LogP contribution is 2.29. The smallest absolute Gasteiger partial charge is 0.254 e. The number of hydrogen-bond acceptors (Lipinski definition) is 3. The number of thiophene rings is 1. The van der Waals surface area contributed by atoms with Crippen molar-refractivity contribution in [2.24, 2.45) is 0 Å². The number of halogens is 2. The van der Waals surface area contributed by atoms with Crippen molar-refractivity contribution in [3.63, 3.8) is 0 Å². The van der Waals surface area contributed by atoms with Gasteiger partial charge in [0, 0.05) is 17.0 Å². The van der Waals surface area contributed by atoms with Gasteiger partial charge in [0.2, 0.25) is 0 Å². The Morgan fingerprint density at radius 2 is 2.00 bits per heavy atom. The lowest BCUT2D eigenvalue weighted by molar-refractivity contribution is 0.0754. The summed E-state index contributed by atoms with van der Waals surface area (Å²) in [7, 11) is 0. The minimum atomic E-state index is -0.107. The van der Waals surface area contributed by atoms with Gasteiger partial charge < -0.3 is 10.6 Å². The number of amides is 1. The minimum Gasteiger partial charge on any atom is -0.396 e. The zero-order valence-electron chi connectivity index (χ0n) is 10.9. The lowest BCUT2D eigenvalue weighted by atomic mass is 10.1. The van der Waals surface area contributed by atoms with Crippen molar-refractivity contribution < 1.29 is 4.79 Å². The highest BCUT2D eigenvalue weighted by Gasteiger charge is 2.17. The topological polar surface area (TPSA) is 46.3 Å². The van der Waals surface area contributed by atoms with E-state index < -0.39 is 0 Å². The number of carbonyl (C=O) groups is 1. The van der Waals surface area contributed by atoms with Crippen LogP contribution in [0.4, 0.5) is 5.69 Å². The van der Waals surface area contributed by atoms with Crippen LogP contribution in [-0.4, -0.2) is 17.4 Å². The minimum absolute atomic E-state index is 0.107. The second-order valence-electron chi connectivity index (χ2n) is 4.25. The molecule has 0 fully saturated rings. The van der Waals surface area contributed by atoms with Crippen LogP contribution in [0.3, 0.4) is 0 Å². The molecule has 0 unspecified atom stereocenters. The average Bonchev–Trinajstić information content (AvgIpc) is 2.93. The predicted molar refractivity (Wildman–Crippen MR) is 85.6 cm³/mol. The fourth-order valence-corrected chi connectivity index (χ4v) is 3.01. The third kappa shape index (κ3) is 3.26. The third-order valence-corrected chi connectivity index (χ3v) is 4.41. The largest absolute Gasteiger partial charge is 0.396 e. The summed E-state index contributed by atoms with van der Waals surface area (Å²) in [6.07, 6.45) is 0. The highest BCUT2D eigenvalue weighted by atomic mass is 35.5. The first kappa shape index (κ1) is 15.2. The van der Waals surface area contributed by atoms with Crippen LogP contribution in [0.1, 0.15) is 22.2 Å². The molecule has 0 bridgehead atoms. The molecular weight excluding hydrogens is 315 g/mol. The molecule has 0 aliphatic rings. The molecule has 0 radical (unpaired) electrons. The zero-order valence-corrected chi connectivity index (χ0v) is 13.2. The summed E-state index contributed by atoms with van der Waals surface area (Å²) in [5.74, 6) is -0.107. The van der Waals surface area contributed by atoms with Crippen LogP contribution < -0.4 is 5.73 Å². The summed E-state index contributed by atoms with van der Waals surface area (Å²) >= 11 is 13.6. The Bertz CT molecular complexity index is 591. The standard InChI is InChI=1S/C14H14Cl2N2OS/c1-2-18(8-10-4-3-5-20-10)14(19)9-6-11(15)13(17)12(16)7-9/h3-7H,2,8,17H2,1H3. The third-order valence-electron chi connectivity index (χ3n) is 2.92. The van der Waals surface area contributed by atoms with E-state index in [2.05, 4.69) is 0 Å². The van der Waals surface area contributed by atoms with Gasteiger partial charge in [-0.1, -0.05) is 29.3 Å². The van der Waals surface area contributed by atoms with Crippen molar-refractivity contribution in [3.8, 4) is 0 Å². The Morgan fingerprint density at radius 1 is 1.35 bits per heavy atom. The van der Waals surface area contributed by atoms with Crippen LogP contribution in [0.2, 0.25) is 10.0 Å². The summed E-state index contributed by atoms with van der Waals surface area (Å²) in [5, 5.41) is 2.59. The second-order valence-corrected chi connectivity index (χ2v) is 6.10. The normalized spacial score (nSPS) is 10.6. The van der Waals surface area contributed by atoms with Crippen molar-refractivity contribution in [2.75, 3.05) is 12.3 Å². The molecule has 20 heavy (non-hydrogen) atoms. The van der Waals surface area contributed by atoms with Crippen molar-refractivity contribution >= 4 is 46.1 Å². The first-order valence-corrected chi connectivity index (χ1v) is 7.72. The SMILES string of the molecule is CCN(Cc1cccs1)C(=O)c1cc(Cl)c(N)c(Cl)c1. The van der Waals surface area contributed by atoms with Gasteiger partial charge in [-0.2, -0.15) is 0 Å². The summed E-state index contributed by atoms with van der Waals surface area (Å²) in [5.41, 5.74) is 6.43. The highest BCUT2D eigenvalue weighted by molar-refractivity contribution is 7.09. The van der Waals surface area contributed by atoms with E-state index in [9.17, 15) is 4.79 Å². The molecule has 2 rings (SSSR count). The van der Waals surface area contributed by atoms with Gasteiger partial charge >= 0.3 is 0 Å². The lowest BCUT2D eigenvalue weighted by Crippen LogP contribution is -2.30. The molecule has 106 valence electrons. The maximum absolute atomic E-state index is 12.5. The van der Waals surface area contributed by atoms with Crippen LogP contribution >= 0.6 is 34.5 Å². The molecule has 3 nitrogen and oxygen atoms in total. The van der Waals surface area contributed by atoms with Crippen molar-refractivity contribution in [3.05, 3.63) is 50.1 Å². The van der Waals surface area contributed by atoms with E-state index in [1.165, 1.54) is 0 Å². The zero-order chi connectivity index (χ0) is 14.7. The van der Waals surface area contributed by atoms with Gasteiger partial charge in [0.05, 0.1) is 22.3 Å². The average molecular weight is 329 g/mol. The molecule has 1 amide bonds. The molecule has 0 aliphatic heterocycles. The van der Waals surface area contributed by atoms with Gasteiger partial charge in [-0.3, -0.25) is 4.79 Å². The first-order valence-electron chi connectivity index (χ1n) is 6.09. The fourth-order valence-electron chi connectivity index (χ4n) is 1.81. The van der Waals surface area contributed by atoms with Crippen LogP contribution in [0.5, 0.6) is 0 Å². The molecule has 6 heteroatoms. The molecule has 2 N–H and O–H groups in total. The van der Waals surface area contributed by atoms with Gasteiger partial charge in [0.15, 0.2) is 0 Å². The number of hydrogen-bond donors (Lipinski definition) is 1. The number of benzene rings is 1. The molecule has 0 atom stereocenters. The molecule has 1 aromatic carbocycles. The van der Waals surface area contributed by atoms with Crippen molar-refractivity contribution in [1.82, 2.24) is 4.90 Å². The maximum atomic E-state index is 12.5. The Labute approximate surface area is 131 Å². The number of nitrogens with two attached hydrogens (primary N) is 1. The van der Waals surface area contributed by atoms with Crippen molar-refractivity contribution in [1.29, 1.82) is 0 Å². The van der Waals surface area contributed by atoms with E-state index in [-0.39, 0.29) is 5.91 Å². The fraction of sp³-hybridized carbons (Fsp3) is 0.214. The molecule has 0 saturated heterocycles. The van der Waals surface area contributed by atoms with E-state index >= 15 is 0 Å². The van der Waals surface area contributed by atoms with Gasteiger partial charge in [0.1, 0.15) is 0 Å². The number of rotatable bonds is 4. The quantitative estimate of drug-likeness (QED) is 0.850. The summed E-state index contributed by atoms with van der Waals surface area (Å²) in [4.78, 5) is 15.4. The monoisotopic (exact) mass is 328 g/mol. The first-order chi connectivity index (χ1) is 9.52. The molecule has 0 aliphatic carbocycles. The van der Waals surface area contributed by atoms with E-state index in [1.807, 2.05) is 24.4 Å². The van der Waals surface area contributed by atoms with E-state index in [4.69, 9.17) is 28.9 Å². The molecule has 1 heterocycles.